The Morgan fingerprint density at radius 3 is 2.25 bits per heavy atom. The van der Waals surface area contributed by atoms with Gasteiger partial charge in [-0.2, -0.15) is 8.42 Å². The first-order valence-corrected chi connectivity index (χ1v) is 7.35. The van der Waals surface area contributed by atoms with Crippen LogP contribution in [0.15, 0.2) is 24.3 Å². The Hall–Kier alpha value is -1.93. The average Bonchev–Trinajstić information content (AvgIpc) is 2.33. The van der Waals surface area contributed by atoms with Gasteiger partial charge in [0.25, 0.3) is 16.0 Å². The van der Waals surface area contributed by atoms with Gasteiger partial charge in [-0.05, 0) is 25.5 Å². The number of aliphatic carboxylic acids is 1. The van der Waals surface area contributed by atoms with Crippen LogP contribution in [0, 0.1) is 6.92 Å². The van der Waals surface area contributed by atoms with Gasteiger partial charge in [0.2, 0.25) is 0 Å². The molecule has 0 radical (unpaired) electrons. The van der Waals surface area contributed by atoms with Crippen molar-refractivity contribution in [1.82, 2.24) is 5.32 Å². The van der Waals surface area contributed by atoms with E-state index in [0.717, 1.165) is 5.56 Å². The molecule has 7 nitrogen and oxygen atoms in total. The molecule has 0 fully saturated rings. The fraction of sp³-hybridized carbons (Fsp3) is 0.333. The van der Waals surface area contributed by atoms with E-state index < -0.39 is 40.2 Å². The van der Waals surface area contributed by atoms with E-state index in [1.165, 1.54) is 12.1 Å². The highest BCUT2D eigenvalue weighted by Crippen LogP contribution is 2.05. The first kappa shape index (κ1) is 16.1. The molecule has 110 valence electrons. The third kappa shape index (κ3) is 5.37. The Balaban J connectivity index is 2.73. The van der Waals surface area contributed by atoms with Crippen molar-refractivity contribution >= 4 is 22.0 Å². The number of nitrogens with one attached hydrogen (secondary N) is 1. The van der Waals surface area contributed by atoms with Crippen molar-refractivity contribution in [2.75, 3.05) is 5.75 Å². The van der Waals surface area contributed by atoms with Crippen molar-refractivity contribution in [3.05, 3.63) is 35.4 Å². The van der Waals surface area contributed by atoms with E-state index in [1.54, 1.807) is 12.1 Å². The maximum atomic E-state index is 11.8. The molecule has 0 saturated carbocycles. The van der Waals surface area contributed by atoms with Gasteiger partial charge in [0.15, 0.2) is 0 Å². The van der Waals surface area contributed by atoms with Gasteiger partial charge in [0.1, 0.15) is 6.04 Å². The number of amides is 1. The minimum absolute atomic E-state index is 0.272. The third-order valence-corrected chi connectivity index (χ3v) is 3.33. The summed E-state index contributed by atoms with van der Waals surface area (Å²) in [5.74, 6) is -2.72. The summed E-state index contributed by atoms with van der Waals surface area (Å²) in [5.41, 5.74) is 1.22. The lowest BCUT2D eigenvalue weighted by atomic mass is 10.1. The van der Waals surface area contributed by atoms with E-state index in [-0.39, 0.29) is 5.56 Å². The monoisotopic (exact) mass is 301 g/mol. The number of carbonyl (C=O) groups excluding carboxylic acids is 1. The van der Waals surface area contributed by atoms with Crippen LogP contribution in [0.2, 0.25) is 0 Å². The number of carboxylic acid groups (broad SMARTS) is 1. The molecule has 0 spiro atoms. The Morgan fingerprint density at radius 1 is 1.25 bits per heavy atom. The van der Waals surface area contributed by atoms with Gasteiger partial charge in [-0.3, -0.25) is 9.35 Å². The van der Waals surface area contributed by atoms with E-state index in [9.17, 15) is 18.0 Å². The fourth-order valence-corrected chi connectivity index (χ4v) is 2.00. The van der Waals surface area contributed by atoms with E-state index in [4.69, 9.17) is 9.66 Å². The van der Waals surface area contributed by atoms with Gasteiger partial charge in [-0.1, -0.05) is 17.7 Å². The van der Waals surface area contributed by atoms with Crippen LogP contribution >= 0.6 is 0 Å². The molecule has 0 aliphatic carbocycles. The highest BCUT2D eigenvalue weighted by molar-refractivity contribution is 7.85. The molecule has 8 heteroatoms. The Labute approximate surface area is 116 Å². The lowest BCUT2D eigenvalue weighted by Gasteiger charge is -2.13. The lowest BCUT2D eigenvalue weighted by molar-refractivity contribution is -0.139. The summed E-state index contributed by atoms with van der Waals surface area (Å²) < 4.78 is 29.8. The van der Waals surface area contributed by atoms with Crippen molar-refractivity contribution in [3.63, 3.8) is 0 Å². The maximum Gasteiger partial charge on any atom is 0.326 e. The largest absolute Gasteiger partial charge is 0.480 e. The van der Waals surface area contributed by atoms with Gasteiger partial charge in [-0.15, -0.1) is 0 Å². The Bertz CT molecular complexity index is 593. The van der Waals surface area contributed by atoms with Crippen molar-refractivity contribution in [3.8, 4) is 0 Å². The molecular weight excluding hydrogens is 286 g/mol. The molecule has 1 amide bonds. The predicted octanol–water partition coefficient (Wildman–Crippen LogP) is 0.456. The lowest BCUT2D eigenvalue weighted by Crippen LogP contribution is -2.41. The number of carboxylic acids is 1. The minimum atomic E-state index is -4.27. The van der Waals surface area contributed by atoms with Crippen molar-refractivity contribution in [1.29, 1.82) is 0 Å². The van der Waals surface area contributed by atoms with Gasteiger partial charge in [0, 0.05) is 5.56 Å². The number of rotatable bonds is 6. The molecule has 0 aliphatic rings. The summed E-state index contributed by atoms with van der Waals surface area (Å²) in [6.45, 7) is 1.84. The van der Waals surface area contributed by atoms with Crippen molar-refractivity contribution in [2.45, 2.75) is 19.4 Å². The van der Waals surface area contributed by atoms with Crippen LogP contribution in [0.3, 0.4) is 0 Å². The second-order valence-corrected chi connectivity index (χ2v) is 5.88. The van der Waals surface area contributed by atoms with Crippen LogP contribution in [0.5, 0.6) is 0 Å². The average molecular weight is 301 g/mol. The summed E-state index contributed by atoms with van der Waals surface area (Å²) >= 11 is 0. The molecule has 0 saturated heterocycles. The number of benzene rings is 1. The van der Waals surface area contributed by atoms with E-state index in [1.807, 2.05) is 6.92 Å². The molecule has 0 bridgehead atoms. The summed E-state index contributed by atoms with van der Waals surface area (Å²) in [6, 6.07) is 5.08. The van der Waals surface area contributed by atoms with Crippen LogP contribution in [0.1, 0.15) is 22.3 Å². The Morgan fingerprint density at radius 2 is 1.80 bits per heavy atom. The number of hydrogen-bond acceptors (Lipinski definition) is 4. The van der Waals surface area contributed by atoms with Gasteiger partial charge < -0.3 is 10.4 Å². The summed E-state index contributed by atoms with van der Waals surface area (Å²) in [5, 5.41) is 11.1. The molecule has 1 rings (SSSR count). The third-order valence-electron chi connectivity index (χ3n) is 2.58. The standard InChI is InChI=1S/C12H15NO6S/c1-8-2-4-9(5-3-8)11(14)13-10(12(15)16)6-7-20(17,18)19/h2-5,10H,6-7H2,1H3,(H,13,14)(H,15,16)(H,17,18,19). The zero-order valence-electron chi connectivity index (χ0n) is 10.7. The fourth-order valence-electron chi connectivity index (χ4n) is 1.47. The van der Waals surface area contributed by atoms with Crippen LogP contribution < -0.4 is 5.32 Å². The molecule has 0 aliphatic heterocycles. The van der Waals surface area contributed by atoms with Crippen molar-refractivity contribution in [2.24, 2.45) is 0 Å². The summed E-state index contributed by atoms with van der Waals surface area (Å²) in [7, 11) is -4.27. The van der Waals surface area contributed by atoms with E-state index in [2.05, 4.69) is 5.32 Å². The molecule has 0 heterocycles. The second-order valence-electron chi connectivity index (χ2n) is 4.31. The second kappa shape index (κ2) is 6.49. The van der Waals surface area contributed by atoms with Gasteiger partial charge in [0.05, 0.1) is 5.75 Å². The molecule has 0 aromatic heterocycles. The Kier molecular flexibility index (Phi) is 5.23. The molecule has 1 aromatic rings. The first-order valence-electron chi connectivity index (χ1n) is 5.74. The smallest absolute Gasteiger partial charge is 0.326 e. The molecule has 1 aromatic carbocycles. The number of aryl methyl sites for hydroxylation is 1. The summed E-state index contributed by atoms with van der Waals surface area (Å²) in [6.07, 6.45) is -0.411. The highest BCUT2D eigenvalue weighted by Gasteiger charge is 2.22. The molecule has 1 unspecified atom stereocenters. The zero-order chi connectivity index (χ0) is 15.3. The van der Waals surface area contributed by atoms with E-state index in [0.29, 0.717) is 0 Å². The van der Waals surface area contributed by atoms with Crippen LogP contribution in [0.25, 0.3) is 0 Å². The minimum Gasteiger partial charge on any atom is -0.480 e. The van der Waals surface area contributed by atoms with E-state index >= 15 is 0 Å². The molecule has 3 N–H and O–H groups in total. The normalized spacial score (nSPS) is 12.7. The van der Waals surface area contributed by atoms with Crippen LogP contribution in [-0.4, -0.2) is 41.7 Å². The number of carbonyl (C=O) groups is 2. The van der Waals surface area contributed by atoms with Crippen LogP contribution in [0.4, 0.5) is 0 Å². The topological polar surface area (TPSA) is 121 Å². The maximum absolute atomic E-state index is 11.8. The molecule has 1 atom stereocenters. The first-order chi connectivity index (χ1) is 9.19. The highest BCUT2D eigenvalue weighted by atomic mass is 32.2. The summed E-state index contributed by atoms with van der Waals surface area (Å²) in [4.78, 5) is 22.8. The van der Waals surface area contributed by atoms with Crippen molar-refractivity contribution < 1.29 is 27.7 Å². The van der Waals surface area contributed by atoms with Gasteiger partial charge >= 0.3 is 5.97 Å². The zero-order valence-corrected chi connectivity index (χ0v) is 11.6. The SMILES string of the molecule is Cc1ccc(C(=O)NC(CCS(=O)(=O)O)C(=O)O)cc1. The van der Waals surface area contributed by atoms with Gasteiger partial charge in [-0.25, -0.2) is 4.79 Å². The van der Waals surface area contributed by atoms with Crippen LogP contribution in [-0.2, 0) is 14.9 Å². The quantitative estimate of drug-likeness (QED) is 0.656. The predicted molar refractivity (Wildman–Crippen MR) is 71.1 cm³/mol. The molecular formula is C12H15NO6S. The number of hydrogen-bond donors (Lipinski definition) is 3. The molecule has 20 heavy (non-hydrogen) atoms.